The lowest BCUT2D eigenvalue weighted by atomic mass is 9.82. The zero-order chi connectivity index (χ0) is 36.9. The van der Waals surface area contributed by atoms with Crippen molar-refractivity contribution in [3.63, 3.8) is 0 Å². The molecule has 2 aliphatic carbocycles. The molecule has 0 saturated carbocycles. The highest BCUT2D eigenvalue weighted by atomic mass is 16.3. The van der Waals surface area contributed by atoms with E-state index in [2.05, 4.69) is 189 Å². The van der Waals surface area contributed by atoms with Gasteiger partial charge in [0.15, 0.2) is 0 Å². The monoisotopic (exact) mass is 697 g/mol. The van der Waals surface area contributed by atoms with Gasteiger partial charge in [-0.15, -0.1) is 6.58 Å². The predicted octanol–water partition coefficient (Wildman–Crippen LogP) is 14.7. The predicted molar refractivity (Wildman–Crippen MR) is 231 cm³/mol. The van der Waals surface area contributed by atoms with Gasteiger partial charge in [-0.25, -0.2) is 0 Å². The van der Waals surface area contributed by atoms with Crippen molar-refractivity contribution in [2.75, 3.05) is 4.90 Å². The molecule has 1 aromatic heterocycles. The molecule has 0 N–H and O–H groups in total. The van der Waals surface area contributed by atoms with Crippen molar-refractivity contribution in [3.8, 4) is 11.1 Å². The molecule has 0 saturated heterocycles. The van der Waals surface area contributed by atoms with Gasteiger partial charge in [0.25, 0.3) is 0 Å². The first-order valence-corrected chi connectivity index (χ1v) is 18.7. The lowest BCUT2D eigenvalue weighted by Crippen LogP contribution is -2.10. The summed E-state index contributed by atoms with van der Waals surface area (Å²) in [6.45, 7) is 10.0. The second-order valence-corrected chi connectivity index (χ2v) is 13.7. The van der Waals surface area contributed by atoms with Crippen LogP contribution >= 0.6 is 0 Å². The molecule has 2 nitrogen and oxygen atoms in total. The fourth-order valence-corrected chi connectivity index (χ4v) is 7.60. The third-order valence-electron chi connectivity index (χ3n) is 10.4. The lowest BCUT2D eigenvalue weighted by molar-refractivity contribution is 0.669. The molecule has 0 aliphatic heterocycles. The molecule has 0 spiro atoms. The van der Waals surface area contributed by atoms with Crippen LogP contribution in [0.4, 0.5) is 17.1 Å². The maximum Gasteiger partial charge on any atom is 0.135 e. The molecule has 6 aromatic rings. The number of para-hydroxylation sites is 1. The van der Waals surface area contributed by atoms with E-state index in [4.69, 9.17) is 4.42 Å². The van der Waals surface area contributed by atoms with Gasteiger partial charge < -0.3 is 9.32 Å². The molecule has 0 radical (unpaired) electrons. The van der Waals surface area contributed by atoms with E-state index in [0.29, 0.717) is 0 Å². The fourth-order valence-electron chi connectivity index (χ4n) is 7.60. The van der Waals surface area contributed by atoms with Crippen molar-refractivity contribution in [3.05, 3.63) is 230 Å². The zero-order valence-corrected chi connectivity index (χ0v) is 30.6. The summed E-state index contributed by atoms with van der Waals surface area (Å²) >= 11 is 0. The van der Waals surface area contributed by atoms with Crippen LogP contribution in [0.25, 0.3) is 38.6 Å². The van der Waals surface area contributed by atoms with Gasteiger partial charge in [-0.2, -0.15) is 0 Å². The van der Waals surface area contributed by atoms with Crippen molar-refractivity contribution in [1.82, 2.24) is 0 Å². The van der Waals surface area contributed by atoms with E-state index in [0.717, 1.165) is 45.4 Å². The maximum atomic E-state index is 6.22. The number of hydrogen-bond donors (Lipinski definition) is 0. The number of anilines is 3. The smallest absolute Gasteiger partial charge is 0.135 e. The molecule has 5 aromatic carbocycles. The Morgan fingerprint density at radius 1 is 0.722 bits per heavy atom. The molecular formula is C52H43NO. The van der Waals surface area contributed by atoms with Crippen molar-refractivity contribution in [1.29, 1.82) is 0 Å². The Hall–Kier alpha value is -6.64. The average Bonchev–Trinajstić information content (AvgIpc) is 3.61. The van der Waals surface area contributed by atoms with Gasteiger partial charge in [0.05, 0.1) is 0 Å². The molecule has 54 heavy (non-hydrogen) atoms. The van der Waals surface area contributed by atoms with Gasteiger partial charge in [0, 0.05) is 39.7 Å². The number of fused-ring (bicyclic) bond motifs is 3. The SMILES string of the molecule is C=C/C=C\C1=CC=CC/C1=C\C(=C/C)c1ccc(N(c2ccc(-c3cccc(C4C=CC=CC4C=C)c3)cc2)c2ccc3oc4ccccc4c3c2)cc1. The van der Waals surface area contributed by atoms with Gasteiger partial charge >= 0.3 is 0 Å². The molecule has 262 valence electrons. The van der Waals surface area contributed by atoms with E-state index in [1.807, 2.05) is 30.4 Å². The molecule has 0 fully saturated rings. The third kappa shape index (κ3) is 6.95. The Kier molecular flexibility index (Phi) is 9.91. The summed E-state index contributed by atoms with van der Waals surface area (Å²) in [4.78, 5) is 2.33. The van der Waals surface area contributed by atoms with E-state index in [-0.39, 0.29) is 11.8 Å². The standard InChI is InChI=1S/C52H43NO/c1-4-7-15-39-17-8-9-18-42(39)34-38(6-3)40-24-28-45(29-25-40)53(47-32-33-52-50(36-47)49-22-12-13-23-51(49)54-52)46-30-26-41(27-31-46)43-19-14-20-44(35-43)48-21-11-10-16-37(48)5-2/h4-17,19-37,48H,1-2,18H2,3H3/b15-7-,38-6+,42-34+. The number of furan rings is 1. The van der Waals surface area contributed by atoms with E-state index >= 15 is 0 Å². The summed E-state index contributed by atoms with van der Waals surface area (Å²) in [5.74, 6) is 0.571. The first-order chi connectivity index (χ1) is 26.6. The van der Waals surface area contributed by atoms with Crippen molar-refractivity contribution in [2.45, 2.75) is 19.3 Å². The Labute approximate surface area is 318 Å². The van der Waals surface area contributed by atoms with Crippen molar-refractivity contribution >= 4 is 44.6 Å². The maximum absolute atomic E-state index is 6.22. The minimum absolute atomic E-state index is 0.283. The molecule has 1 heterocycles. The highest BCUT2D eigenvalue weighted by molar-refractivity contribution is 6.06. The summed E-state index contributed by atoms with van der Waals surface area (Å²) < 4.78 is 6.22. The van der Waals surface area contributed by atoms with E-state index in [9.17, 15) is 0 Å². The highest BCUT2D eigenvalue weighted by Crippen LogP contribution is 2.40. The van der Waals surface area contributed by atoms with Crippen LogP contribution < -0.4 is 4.90 Å². The van der Waals surface area contributed by atoms with Gasteiger partial charge in [0.1, 0.15) is 11.2 Å². The minimum atomic E-state index is 0.283. The summed E-state index contributed by atoms with van der Waals surface area (Å²) in [5.41, 5.74) is 13.5. The van der Waals surface area contributed by atoms with Gasteiger partial charge in [-0.3, -0.25) is 0 Å². The minimum Gasteiger partial charge on any atom is -0.456 e. The Morgan fingerprint density at radius 3 is 2.28 bits per heavy atom. The molecule has 2 aliphatic rings. The van der Waals surface area contributed by atoms with E-state index in [1.165, 1.54) is 39.0 Å². The van der Waals surface area contributed by atoms with Crippen LogP contribution in [0, 0.1) is 5.92 Å². The molecule has 2 heteroatoms. The van der Waals surface area contributed by atoms with Crippen molar-refractivity contribution in [2.24, 2.45) is 5.92 Å². The van der Waals surface area contributed by atoms with Crippen LogP contribution in [0.1, 0.15) is 30.4 Å². The Bertz CT molecular complexity index is 2560. The zero-order valence-electron chi connectivity index (χ0n) is 30.6. The first-order valence-electron chi connectivity index (χ1n) is 18.7. The molecular weight excluding hydrogens is 655 g/mol. The number of allylic oxidation sites excluding steroid dienone is 16. The summed E-state index contributed by atoms with van der Waals surface area (Å²) in [6.07, 6.45) is 28.6. The fraction of sp³-hybridized carbons (Fsp3) is 0.0769. The summed E-state index contributed by atoms with van der Waals surface area (Å²) in [5, 5.41) is 2.21. The van der Waals surface area contributed by atoms with Gasteiger partial charge in [-0.05, 0) is 101 Å². The third-order valence-corrected chi connectivity index (χ3v) is 10.4. The second-order valence-electron chi connectivity index (χ2n) is 13.7. The first kappa shape index (κ1) is 34.4. The Balaban J connectivity index is 1.16. The largest absolute Gasteiger partial charge is 0.456 e. The molecule has 0 amide bonds. The van der Waals surface area contributed by atoms with Crippen LogP contribution in [0.3, 0.4) is 0 Å². The lowest BCUT2D eigenvalue weighted by Gasteiger charge is -2.26. The number of benzene rings is 5. The normalized spacial score (nSPS) is 17.8. The van der Waals surface area contributed by atoms with E-state index < -0.39 is 0 Å². The highest BCUT2D eigenvalue weighted by Gasteiger charge is 2.19. The van der Waals surface area contributed by atoms with Crippen LogP contribution in [-0.4, -0.2) is 0 Å². The molecule has 8 rings (SSSR count). The number of rotatable bonds is 10. The van der Waals surface area contributed by atoms with Gasteiger partial charge in [-0.1, -0.05) is 152 Å². The number of hydrogen-bond acceptors (Lipinski definition) is 2. The molecule has 2 unspecified atom stereocenters. The van der Waals surface area contributed by atoms with Crippen molar-refractivity contribution < 1.29 is 4.42 Å². The van der Waals surface area contributed by atoms with Crippen LogP contribution in [0.5, 0.6) is 0 Å². The van der Waals surface area contributed by atoms with Gasteiger partial charge in [0.2, 0.25) is 0 Å². The van der Waals surface area contributed by atoms with E-state index in [1.54, 1.807) is 0 Å². The molecule has 0 bridgehead atoms. The Morgan fingerprint density at radius 2 is 1.48 bits per heavy atom. The molecule has 2 atom stereocenters. The average molecular weight is 698 g/mol. The quantitative estimate of drug-likeness (QED) is 0.105. The van der Waals surface area contributed by atoms with Crippen LogP contribution in [0.2, 0.25) is 0 Å². The topological polar surface area (TPSA) is 16.4 Å². The van der Waals surface area contributed by atoms with Crippen LogP contribution in [0.15, 0.2) is 223 Å². The summed E-state index contributed by atoms with van der Waals surface area (Å²) in [7, 11) is 0. The van der Waals surface area contributed by atoms with Crippen LogP contribution in [-0.2, 0) is 0 Å². The summed E-state index contributed by atoms with van der Waals surface area (Å²) in [6, 6.07) is 41.5. The second kappa shape index (κ2) is 15.5. The number of nitrogens with zero attached hydrogens (tertiary/aromatic N) is 1.